The summed E-state index contributed by atoms with van der Waals surface area (Å²) in [5.74, 6) is -2.16. The smallest absolute Gasteiger partial charge is 0.545 e. The van der Waals surface area contributed by atoms with Crippen LogP contribution in [0.4, 0.5) is 0 Å². The molecule has 0 rings (SSSR count). The first-order valence-corrected chi connectivity index (χ1v) is 5.61. The van der Waals surface area contributed by atoms with Crippen molar-refractivity contribution in [2.75, 3.05) is 13.2 Å². The van der Waals surface area contributed by atoms with Crippen LogP contribution in [-0.4, -0.2) is 31.1 Å². The van der Waals surface area contributed by atoms with Crippen LogP contribution in [-0.2, 0) is 23.9 Å². The molecule has 7 heteroatoms. The molecule has 0 aliphatic heterocycles. The molecule has 0 saturated heterocycles. The van der Waals surface area contributed by atoms with Gasteiger partial charge in [0.1, 0.15) is 13.2 Å². The average Bonchev–Trinajstić information content (AvgIpc) is 2.34. The Morgan fingerprint density at radius 1 is 0.810 bits per heavy atom. The molecule has 6 nitrogen and oxygen atoms in total. The third-order valence-corrected chi connectivity index (χ3v) is 1.60. The van der Waals surface area contributed by atoms with Gasteiger partial charge in [0.25, 0.3) is 0 Å². The minimum absolute atomic E-state index is 0. The van der Waals surface area contributed by atoms with Gasteiger partial charge in [-0.1, -0.05) is 19.7 Å². The molecule has 0 aromatic carbocycles. The molecule has 0 aliphatic rings. The summed E-state index contributed by atoms with van der Waals surface area (Å²) >= 11 is 0. The molecule has 0 bridgehead atoms. The van der Waals surface area contributed by atoms with Gasteiger partial charge >= 0.3 is 41.5 Å². The van der Waals surface area contributed by atoms with E-state index >= 15 is 0 Å². The Hall–Kier alpha value is -1.37. The van der Waals surface area contributed by atoms with Crippen LogP contribution in [0.25, 0.3) is 0 Å². The summed E-state index contributed by atoms with van der Waals surface area (Å²) in [5, 5.41) is 9.49. The molecule has 0 atom stereocenters. The number of esters is 2. The van der Waals surface area contributed by atoms with Crippen LogP contribution in [0.2, 0.25) is 0 Å². The molecule has 0 amide bonds. The Morgan fingerprint density at radius 2 is 1.05 bits per heavy atom. The number of carbonyl (C=O) groups is 3. The van der Waals surface area contributed by atoms with Crippen molar-refractivity contribution in [3.63, 3.8) is 0 Å². The fourth-order valence-corrected chi connectivity index (χ4v) is 0.515. The van der Waals surface area contributed by atoms with Crippen molar-refractivity contribution in [2.24, 2.45) is 0 Å². The zero-order valence-corrected chi connectivity index (χ0v) is 15.0. The van der Waals surface area contributed by atoms with Crippen molar-refractivity contribution in [1.29, 1.82) is 0 Å². The van der Waals surface area contributed by atoms with Gasteiger partial charge in [0, 0.05) is 11.1 Å². The van der Waals surface area contributed by atoms with Gasteiger partial charge in [-0.05, 0) is 26.3 Å². The van der Waals surface area contributed by atoms with E-state index in [0.717, 1.165) is 0 Å². The fourth-order valence-electron chi connectivity index (χ4n) is 0.515. The fraction of sp³-hybridized carbons (Fsp3) is 0.357. The van der Waals surface area contributed by atoms with Gasteiger partial charge in [0.05, 0.1) is 5.97 Å². The SMILES string of the molecule is C=C(C)C(=O)OCCOC(=O)C(=C)C.C=C(C)C(=O)[O-].[Na+]. The van der Waals surface area contributed by atoms with E-state index in [9.17, 15) is 19.5 Å². The summed E-state index contributed by atoms with van der Waals surface area (Å²) in [7, 11) is 0. The Labute approximate surface area is 146 Å². The molecule has 0 radical (unpaired) electrons. The Kier molecular flexibility index (Phi) is 16.0. The normalized spacial score (nSPS) is 8.14. The number of aliphatic carboxylic acids is 1. The van der Waals surface area contributed by atoms with Crippen molar-refractivity contribution in [2.45, 2.75) is 20.8 Å². The Balaban J connectivity index is -0.000000394. The number of hydrogen-bond acceptors (Lipinski definition) is 6. The first kappa shape index (κ1) is 24.6. The van der Waals surface area contributed by atoms with Crippen molar-refractivity contribution in [1.82, 2.24) is 0 Å². The monoisotopic (exact) mass is 306 g/mol. The van der Waals surface area contributed by atoms with Crippen molar-refractivity contribution < 1.29 is 58.5 Å². The first-order chi connectivity index (χ1) is 9.09. The molecule has 0 fully saturated rings. The summed E-state index contributed by atoms with van der Waals surface area (Å²) in [6.07, 6.45) is 0. The molecule has 21 heavy (non-hydrogen) atoms. The zero-order chi connectivity index (χ0) is 16.3. The van der Waals surface area contributed by atoms with Crippen LogP contribution in [0.5, 0.6) is 0 Å². The Morgan fingerprint density at radius 3 is 1.19 bits per heavy atom. The molecule has 0 aromatic heterocycles. The van der Waals surface area contributed by atoms with Crippen molar-refractivity contribution >= 4 is 17.9 Å². The molecular formula is C14H19NaO6. The molecule has 0 unspecified atom stereocenters. The molecule has 112 valence electrons. The second-order valence-electron chi connectivity index (χ2n) is 3.90. The molecule has 0 heterocycles. The number of carboxylic acids is 1. The average molecular weight is 306 g/mol. The predicted octanol–water partition coefficient (Wildman–Crippen LogP) is -2.46. The van der Waals surface area contributed by atoms with E-state index < -0.39 is 17.9 Å². The van der Waals surface area contributed by atoms with E-state index in [0.29, 0.717) is 11.1 Å². The molecular weight excluding hydrogens is 287 g/mol. The first-order valence-electron chi connectivity index (χ1n) is 5.61. The van der Waals surface area contributed by atoms with Crippen LogP contribution in [0.15, 0.2) is 36.5 Å². The number of hydrogen-bond donors (Lipinski definition) is 0. The number of ether oxygens (including phenoxy) is 2. The third kappa shape index (κ3) is 16.6. The minimum atomic E-state index is -1.19. The molecule has 0 N–H and O–H groups in total. The number of carboxylic acid groups (broad SMARTS) is 1. The maximum absolute atomic E-state index is 10.8. The summed E-state index contributed by atoms with van der Waals surface area (Å²) in [5.41, 5.74) is 0.697. The van der Waals surface area contributed by atoms with Crippen LogP contribution < -0.4 is 34.7 Å². The van der Waals surface area contributed by atoms with E-state index in [-0.39, 0.29) is 48.3 Å². The van der Waals surface area contributed by atoms with E-state index in [2.05, 4.69) is 29.2 Å². The van der Waals surface area contributed by atoms with Crippen LogP contribution in [0.3, 0.4) is 0 Å². The summed E-state index contributed by atoms with van der Waals surface area (Å²) < 4.78 is 9.38. The van der Waals surface area contributed by atoms with Gasteiger partial charge in [0.15, 0.2) is 0 Å². The van der Waals surface area contributed by atoms with Crippen molar-refractivity contribution in [3.05, 3.63) is 36.5 Å². The summed E-state index contributed by atoms with van der Waals surface area (Å²) in [6.45, 7) is 14.4. The van der Waals surface area contributed by atoms with Gasteiger partial charge in [-0.25, -0.2) is 9.59 Å². The van der Waals surface area contributed by atoms with Gasteiger partial charge in [-0.2, -0.15) is 0 Å². The van der Waals surface area contributed by atoms with E-state index in [1.807, 2.05) is 0 Å². The van der Waals surface area contributed by atoms with Gasteiger partial charge in [0.2, 0.25) is 0 Å². The predicted molar refractivity (Wildman–Crippen MR) is 71.4 cm³/mol. The van der Waals surface area contributed by atoms with Gasteiger partial charge in [-0.15, -0.1) is 0 Å². The maximum Gasteiger partial charge on any atom is 1.00 e. The van der Waals surface area contributed by atoms with Gasteiger partial charge < -0.3 is 19.4 Å². The van der Waals surface area contributed by atoms with Crippen LogP contribution in [0, 0.1) is 0 Å². The zero-order valence-electron chi connectivity index (χ0n) is 13.0. The quantitative estimate of drug-likeness (QED) is 0.234. The second kappa shape index (κ2) is 13.6. The second-order valence-corrected chi connectivity index (χ2v) is 3.90. The third-order valence-electron chi connectivity index (χ3n) is 1.60. The number of rotatable bonds is 6. The summed E-state index contributed by atoms with van der Waals surface area (Å²) in [6, 6.07) is 0. The largest absolute Gasteiger partial charge is 1.00 e. The molecule has 0 aliphatic carbocycles. The van der Waals surface area contributed by atoms with Crippen molar-refractivity contribution in [3.8, 4) is 0 Å². The summed E-state index contributed by atoms with van der Waals surface area (Å²) in [4.78, 5) is 31.2. The van der Waals surface area contributed by atoms with Gasteiger partial charge in [-0.3, -0.25) is 0 Å². The Bertz CT molecular complexity index is 385. The van der Waals surface area contributed by atoms with E-state index in [1.54, 1.807) is 13.8 Å². The molecule has 0 saturated carbocycles. The standard InChI is InChI=1S/C10H14O4.C4H6O2.Na/c1-7(2)9(11)13-5-6-14-10(12)8(3)4;1-3(2)4(5)6;/h1,3,5-6H2,2,4H3;1H2,2H3,(H,5,6);/q;;+1/p-1. The van der Waals surface area contributed by atoms with E-state index in [4.69, 9.17) is 0 Å². The topological polar surface area (TPSA) is 92.7 Å². The maximum atomic E-state index is 10.8. The molecule has 0 aromatic rings. The van der Waals surface area contributed by atoms with E-state index in [1.165, 1.54) is 6.92 Å². The van der Waals surface area contributed by atoms with Crippen LogP contribution in [0.1, 0.15) is 20.8 Å². The minimum Gasteiger partial charge on any atom is -0.545 e. The number of carbonyl (C=O) groups excluding carboxylic acids is 3. The van der Waals surface area contributed by atoms with Crippen LogP contribution >= 0.6 is 0 Å². The molecule has 0 spiro atoms.